The molecule has 1 aliphatic heterocycles. The number of fused-ring (bicyclic) bond motifs is 1. The maximum atomic E-state index is 12.5. The summed E-state index contributed by atoms with van der Waals surface area (Å²) in [5.74, 6) is -1.57. The smallest absolute Gasteiger partial charge is 0.269 e. The van der Waals surface area contributed by atoms with Gasteiger partial charge in [0, 0.05) is 28.8 Å². The van der Waals surface area contributed by atoms with Gasteiger partial charge in [0.05, 0.1) is 29.2 Å². The molecule has 9 heteroatoms. The summed E-state index contributed by atoms with van der Waals surface area (Å²) >= 11 is 1.23. The third-order valence-corrected chi connectivity index (χ3v) is 5.19. The predicted octanol–water partition coefficient (Wildman–Crippen LogP) is 2.90. The summed E-state index contributed by atoms with van der Waals surface area (Å²) < 4.78 is 0. The first kappa shape index (κ1) is 19.6. The van der Waals surface area contributed by atoms with E-state index in [-0.39, 0.29) is 18.2 Å². The number of nitrogens with one attached hydrogen (secondary N) is 2. The molecule has 1 atom stereocenters. The standard InChI is InChI=1S/C21H17N5O3S/c1-12-5-7-15-16(23-12)3-2-4-17(15)25-19(28)9-14-11-30-21(24-14)26-20(29)13-6-8-18(27)22-10-13/h2-8,10-11,13H,9H2,1H3,(H,25,28)(H,24,26,29). The van der Waals surface area contributed by atoms with Crippen LogP contribution in [-0.4, -0.2) is 33.9 Å². The highest BCUT2D eigenvalue weighted by atomic mass is 32.1. The molecule has 4 rings (SSSR count). The molecule has 3 heterocycles. The van der Waals surface area contributed by atoms with Gasteiger partial charge in [-0.15, -0.1) is 11.3 Å². The van der Waals surface area contributed by atoms with E-state index in [2.05, 4.69) is 25.6 Å². The minimum Gasteiger partial charge on any atom is -0.325 e. The lowest BCUT2D eigenvalue weighted by atomic mass is 10.1. The van der Waals surface area contributed by atoms with Crippen LogP contribution in [0, 0.1) is 12.8 Å². The first-order valence-corrected chi connectivity index (χ1v) is 10.0. The van der Waals surface area contributed by atoms with Gasteiger partial charge in [-0.2, -0.15) is 0 Å². The number of aromatic nitrogens is 2. The number of carbonyl (C=O) groups excluding carboxylic acids is 3. The Kier molecular flexibility index (Phi) is 5.44. The summed E-state index contributed by atoms with van der Waals surface area (Å²) in [5.41, 5.74) is 2.95. The molecule has 0 saturated carbocycles. The third kappa shape index (κ3) is 4.47. The van der Waals surface area contributed by atoms with E-state index in [0.29, 0.717) is 16.5 Å². The fraction of sp³-hybridized carbons (Fsp3) is 0.143. The average molecular weight is 419 g/mol. The van der Waals surface area contributed by atoms with Crippen LogP contribution in [0.25, 0.3) is 10.9 Å². The minimum absolute atomic E-state index is 0.0708. The fourth-order valence-corrected chi connectivity index (χ4v) is 3.66. The SMILES string of the molecule is Cc1ccc2c(NC(=O)Cc3csc(NC(=O)C4C=CC(=O)N=C4)n3)cccc2n1. The van der Waals surface area contributed by atoms with Gasteiger partial charge in [-0.25, -0.2) is 9.98 Å². The number of hydrogen-bond acceptors (Lipinski definition) is 6. The van der Waals surface area contributed by atoms with Crippen molar-refractivity contribution in [3.8, 4) is 0 Å². The van der Waals surface area contributed by atoms with Gasteiger partial charge in [0.15, 0.2) is 5.13 Å². The molecule has 1 aliphatic rings. The molecule has 1 aromatic carbocycles. The summed E-state index contributed by atoms with van der Waals surface area (Å²) in [7, 11) is 0. The monoisotopic (exact) mass is 419 g/mol. The second kappa shape index (κ2) is 8.34. The molecule has 1 unspecified atom stereocenters. The zero-order valence-corrected chi connectivity index (χ0v) is 16.8. The van der Waals surface area contributed by atoms with Crippen molar-refractivity contribution in [2.75, 3.05) is 10.6 Å². The van der Waals surface area contributed by atoms with Crippen molar-refractivity contribution in [1.29, 1.82) is 0 Å². The van der Waals surface area contributed by atoms with Crippen LogP contribution in [0.5, 0.6) is 0 Å². The number of hydrogen-bond donors (Lipinski definition) is 2. The molecule has 150 valence electrons. The van der Waals surface area contributed by atoms with E-state index in [9.17, 15) is 14.4 Å². The molecule has 2 aromatic heterocycles. The predicted molar refractivity (Wildman–Crippen MR) is 116 cm³/mol. The van der Waals surface area contributed by atoms with Gasteiger partial charge in [0.25, 0.3) is 5.91 Å². The zero-order valence-electron chi connectivity index (χ0n) is 16.0. The molecule has 3 amide bonds. The highest BCUT2D eigenvalue weighted by molar-refractivity contribution is 7.14. The normalized spacial score (nSPS) is 15.4. The number of aliphatic imine (C=N–C) groups is 1. The lowest BCUT2D eigenvalue weighted by Crippen LogP contribution is -2.24. The molecule has 3 aromatic rings. The Morgan fingerprint density at radius 2 is 2.00 bits per heavy atom. The first-order chi connectivity index (χ1) is 14.5. The van der Waals surface area contributed by atoms with Crippen LogP contribution >= 0.6 is 11.3 Å². The molecule has 0 radical (unpaired) electrons. The van der Waals surface area contributed by atoms with Crippen molar-refractivity contribution in [2.45, 2.75) is 13.3 Å². The quantitative estimate of drug-likeness (QED) is 0.660. The Bertz CT molecular complexity index is 1200. The van der Waals surface area contributed by atoms with Gasteiger partial charge >= 0.3 is 0 Å². The molecule has 0 saturated heterocycles. The molecular formula is C21H17N5O3S. The van der Waals surface area contributed by atoms with Gasteiger partial charge in [-0.3, -0.25) is 19.4 Å². The number of thiazole rings is 1. The number of anilines is 2. The largest absolute Gasteiger partial charge is 0.325 e. The van der Waals surface area contributed by atoms with Crippen molar-refractivity contribution >= 4 is 57.0 Å². The number of pyridine rings is 1. The van der Waals surface area contributed by atoms with Crippen LogP contribution in [0.4, 0.5) is 10.8 Å². The number of rotatable bonds is 5. The van der Waals surface area contributed by atoms with Gasteiger partial charge in [-0.05, 0) is 31.2 Å². The van der Waals surface area contributed by atoms with Crippen molar-refractivity contribution in [2.24, 2.45) is 10.9 Å². The molecule has 0 fully saturated rings. The molecule has 0 aliphatic carbocycles. The lowest BCUT2D eigenvalue weighted by Gasteiger charge is -2.09. The van der Waals surface area contributed by atoms with E-state index in [1.807, 2.05) is 37.3 Å². The summed E-state index contributed by atoms with van der Waals surface area (Å²) in [4.78, 5) is 48.1. The van der Waals surface area contributed by atoms with Crippen LogP contribution < -0.4 is 10.6 Å². The van der Waals surface area contributed by atoms with Crippen molar-refractivity contribution in [1.82, 2.24) is 9.97 Å². The summed E-state index contributed by atoms with van der Waals surface area (Å²) in [5, 5.41) is 8.54. The van der Waals surface area contributed by atoms with Crippen LogP contribution in [0.15, 0.2) is 52.9 Å². The van der Waals surface area contributed by atoms with Crippen molar-refractivity contribution in [3.05, 3.63) is 59.3 Å². The van der Waals surface area contributed by atoms with Gasteiger partial charge in [0.2, 0.25) is 11.8 Å². The molecule has 2 N–H and O–H groups in total. The van der Waals surface area contributed by atoms with Crippen LogP contribution in [0.2, 0.25) is 0 Å². The third-order valence-electron chi connectivity index (χ3n) is 4.38. The van der Waals surface area contributed by atoms with E-state index >= 15 is 0 Å². The Morgan fingerprint density at radius 1 is 1.13 bits per heavy atom. The Labute approximate surface area is 175 Å². The second-order valence-corrected chi connectivity index (χ2v) is 7.54. The number of dihydropyridines is 1. The maximum Gasteiger partial charge on any atom is 0.269 e. The summed E-state index contributed by atoms with van der Waals surface area (Å²) in [6.45, 7) is 1.92. The molecule has 0 spiro atoms. The summed E-state index contributed by atoms with van der Waals surface area (Å²) in [6, 6.07) is 9.40. The Balaban J connectivity index is 1.39. The number of carbonyl (C=O) groups is 3. The van der Waals surface area contributed by atoms with Gasteiger partial charge in [-0.1, -0.05) is 12.1 Å². The highest BCUT2D eigenvalue weighted by Gasteiger charge is 2.18. The average Bonchev–Trinajstić information content (AvgIpc) is 3.14. The number of nitrogens with zero attached hydrogens (tertiary/aromatic N) is 3. The van der Waals surface area contributed by atoms with E-state index in [1.54, 1.807) is 5.38 Å². The molecule has 0 bridgehead atoms. The van der Waals surface area contributed by atoms with Gasteiger partial charge in [0.1, 0.15) is 0 Å². The van der Waals surface area contributed by atoms with Crippen LogP contribution in [0.3, 0.4) is 0 Å². The minimum atomic E-state index is -0.623. The number of aryl methyl sites for hydroxylation is 1. The van der Waals surface area contributed by atoms with Crippen LogP contribution in [-0.2, 0) is 20.8 Å². The van der Waals surface area contributed by atoms with Crippen molar-refractivity contribution < 1.29 is 14.4 Å². The fourth-order valence-electron chi connectivity index (χ4n) is 2.95. The Hall–Kier alpha value is -3.72. The number of amides is 3. The molecule has 8 nitrogen and oxygen atoms in total. The first-order valence-electron chi connectivity index (χ1n) is 9.16. The number of benzene rings is 1. The van der Waals surface area contributed by atoms with E-state index in [0.717, 1.165) is 16.6 Å². The van der Waals surface area contributed by atoms with E-state index < -0.39 is 11.8 Å². The lowest BCUT2D eigenvalue weighted by molar-refractivity contribution is -0.117. The van der Waals surface area contributed by atoms with Crippen LogP contribution in [0.1, 0.15) is 11.4 Å². The Morgan fingerprint density at radius 3 is 2.80 bits per heavy atom. The summed E-state index contributed by atoms with van der Waals surface area (Å²) in [6.07, 6.45) is 4.10. The molecular weight excluding hydrogens is 402 g/mol. The topological polar surface area (TPSA) is 113 Å². The zero-order chi connectivity index (χ0) is 21.1. The van der Waals surface area contributed by atoms with Gasteiger partial charge < -0.3 is 10.6 Å². The van der Waals surface area contributed by atoms with E-state index in [1.165, 1.54) is 29.7 Å². The molecule has 30 heavy (non-hydrogen) atoms. The highest BCUT2D eigenvalue weighted by Crippen LogP contribution is 2.23. The second-order valence-electron chi connectivity index (χ2n) is 6.68. The van der Waals surface area contributed by atoms with E-state index in [4.69, 9.17) is 0 Å². The maximum absolute atomic E-state index is 12.5. The van der Waals surface area contributed by atoms with Crippen molar-refractivity contribution in [3.63, 3.8) is 0 Å².